The molecule has 2 N–H and O–H groups in total. The highest BCUT2D eigenvalue weighted by Gasteiger charge is 2.20. The lowest BCUT2D eigenvalue weighted by atomic mass is 10.1. The number of thioether (sulfide) groups is 1. The zero-order valence-electron chi connectivity index (χ0n) is 19.8. The van der Waals surface area contributed by atoms with Crippen LogP contribution in [0.3, 0.4) is 0 Å². The fourth-order valence-corrected chi connectivity index (χ4v) is 4.61. The van der Waals surface area contributed by atoms with E-state index in [4.69, 9.17) is 9.47 Å². The SMILES string of the molecule is CCOc1ccc(CCNC(=O)c2ccc(/C=C3/Sc4ccccc4NC3=O)cc2)cc1OCC. The standard InChI is InChI=1S/C28H28N2O4S/c1-3-33-23-14-11-20(17-24(23)34-4-2)15-16-29-27(31)21-12-9-19(10-13-21)18-26-28(32)30-22-7-5-6-8-25(22)35-26/h5-14,17-18H,3-4,15-16H2,1-2H3,(H,29,31)(H,30,32)/b26-18+. The Bertz CT molecular complexity index is 1240. The minimum Gasteiger partial charge on any atom is -0.490 e. The number of rotatable bonds is 9. The van der Waals surface area contributed by atoms with Gasteiger partial charge in [-0.2, -0.15) is 0 Å². The van der Waals surface area contributed by atoms with E-state index < -0.39 is 0 Å². The van der Waals surface area contributed by atoms with Crippen molar-refractivity contribution in [2.75, 3.05) is 25.1 Å². The van der Waals surface area contributed by atoms with Gasteiger partial charge >= 0.3 is 0 Å². The number of anilines is 1. The van der Waals surface area contributed by atoms with Crippen LogP contribution in [-0.2, 0) is 11.2 Å². The maximum atomic E-state index is 12.6. The first-order valence-electron chi connectivity index (χ1n) is 11.6. The molecule has 0 aliphatic carbocycles. The summed E-state index contributed by atoms with van der Waals surface area (Å²) in [5, 5.41) is 5.87. The second kappa shape index (κ2) is 11.6. The zero-order chi connectivity index (χ0) is 24.6. The van der Waals surface area contributed by atoms with Crippen molar-refractivity contribution < 1.29 is 19.1 Å². The van der Waals surface area contributed by atoms with Gasteiger partial charge in [0, 0.05) is 17.0 Å². The molecule has 0 unspecified atom stereocenters. The molecule has 3 aromatic carbocycles. The van der Waals surface area contributed by atoms with Crippen LogP contribution < -0.4 is 20.1 Å². The molecule has 180 valence electrons. The molecule has 1 heterocycles. The molecule has 1 aliphatic rings. The predicted octanol–water partition coefficient (Wildman–Crippen LogP) is 5.54. The van der Waals surface area contributed by atoms with E-state index in [1.54, 1.807) is 12.1 Å². The van der Waals surface area contributed by atoms with Crippen molar-refractivity contribution in [1.29, 1.82) is 0 Å². The lowest BCUT2D eigenvalue weighted by molar-refractivity contribution is -0.112. The molecule has 0 atom stereocenters. The average Bonchev–Trinajstić information content (AvgIpc) is 2.86. The van der Waals surface area contributed by atoms with E-state index in [1.165, 1.54) is 11.8 Å². The topological polar surface area (TPSA) is 76.7 Å². The number of hydrogen-bond donors (Lipinski definition) is 2. The van der Waals surface area contributed by atoms with Crippen LogP contribution in [0.5, 0.6) is 11.5 Å². The number of fused-ring (bicyclic) bond motifs is 1. The Balaban J connectivity index is 1.34. The van der Waals surface area contributed by atoms with Gasteiger partial charge in [-0.15, -0.1) is 0 Å². The van der Waals surface area contributed by atoms with Crippen LogP contribution in [0.4, 0.5) is 5.69 Å². The van der Waals surface area contributed by atoms with Crippen LogP contribution in [-0.4, -0.2) is 31.6 Å². The second-order valence-corrected chi connectivity index (χ2v) is 8.92. The predicted molar refractivity (Wildman–Crippen MR) is 140 cm³/mol. The van der Waals surface area contributed by atoms with E-state index in [1.807, 2.05) is 74.5 Å². The molecule has 0 saturated carbocycles. The van der Waals surface area contributed by atoms with E-state index in [-0.39, 0.29) is 11.8 Å². The highest BCUT2D eigenvalue weighted by Crippen LogP contribution is 2.38. The van der Waals surface area contributed by atoms with Gasteiger partial charge in [0.2, 0.25) is 0 Å². The van der Waals surface area contributed by atoms with Gasteiger partial charge in [-0.1, -0.05) is 42.1 Å². The summed E-state index contributed by atoms with van der Waals surface area (Å²) < 4.78 is 11.3. The second-order valence-electron chi connectivity index (χ2n) is 7.84. The van der Waals surface area contributed by atoms with Gasteiger partial charge in [-0.3, -0.25) is 9.59 Å². The Kier molecular flexibility index (Phi) is 8.11. The molecule has 35 heavy (non-hydrogen) atoms. The van der Waals surface area contributed by atoms with Gasteiger partial charge in [-0.25, -0.2) is 0 Å². The quantitative estimate of drug-likeness (QED) is 0.387. The molecule has 7 heteroatoms. The molecular weight excluding hydrogens is 460 g/mol. The molecule has 0 fully saturated rings. The highest BCUT2D eigenvalue weighted by atomic mass is 32.2. The highest BCUT2D eigenvalue weighted by molar-refractivity contribution is 8.04. The van der Waals surface area contributed by atoms with Crippen LogP contribution in [0.25, 0.3) is 6.08 Å². The van der Waals surface area contributed by atoms with Crippen LogP contribution >= 0.6 is 11.8 Å². The zero-order valence-corrected chi connectivity index (χ0v) is 20.6. The van der Waals surface area contributed by atoms with E-state index in [0.717, 1.165) is 33.2 Å². The maximum Gasteiger partial charge on any atom is 0.262 e. The Morgan fingerprint density at radius 3 is 2.49 bits per heavy atom. The molecule has 6 nitrogen and oxygen atoms in total. The summed E-state index contributed by atoms with van der Waals surface area (Å²) >= 11 is 1.44. The number of hydrogen-bond acceptors (Lipinski definition) is 5. The van der Waals surface area contributed by atoms with Gasteiger partial charge in [0.05, 0.1) is 23.8 Å². The maximum absolute atomic E-state index is 12.6. The normalized spacial score (nSPS) is 13.7. The molecule has 0 spiro atoms. The molecule has 0 aromatic heterocycles. The summed E-state index contributed by atoms with van der Waals surface area (Å²) in [5.74, 6) is 1.18. The van der Waals surface area contributed by atoms with E-state index in [9.17, 15) is 9.59 Å². The van der Waals surface area contributed by atoms with Crippen LogP contribution in [0.2, 0.25) is 0 Å². The number of amides is 2. The fourth-order valence-electron chi connectivity index (χ4n) is 3.66. The van der Waals surface area contributed by atoms with Crippen LogP contribution in [0.1, 0.15) is 35.3 Å². The average molecular weight is 489 g/mol. The molecule has 3 aromatic rings. The third-order valence-corrected chi connectivity index (χ3v) is 6.46. The fraction of sp³-hybridized carbons (Fsp3) is 0.214. The van der Waals surface area contributed by atoms with Crippen LogP contribution in [0, 0.1) is 0 Å². The van der Waals surface area contributed by atoms with E-state index in [2.05, 4.69) is 10.6 Å². The smallest absolute Gasteiger partial charge is 0.262 e. The van der Waals surface area contributed by atoms with Gasteiger partial charge in [0.1, 0.15) is 0 Å². The Morgan fingerprint density at radius 2 is 1.71 bits per heavy atom. The number of ether oxygens (including phenoxy) is 2. The summed E-state index contributed by atoms with van der Waals surface area (Å²) in [7, 11) is 0. The van der Waals surface area contributed by atoms with Gasteiger partial charge in [-0.05, 0) is 73.9 Å². The number of para-hydroxylation sites is 1. The molecular formula is C28H28N2O4S. The molecule has 0 saturated heterocycles. The Morgan fingerprint density at radius 1 is 0.971 bits per heavy atom. The molecule has 1 aliphatic heterocycles. The van der Waals surface area contributed by atoms with Crippen molar-refractivity contribution in [2.24, 2.45) is 0 Å². The first-order chi connectivity index (χ1) is 17.1. The van der Waals surface area contributed by atoms with E-state index >= 15 is 0 Å². The summed E-state index contributed by atoms with van der Waals surface area (Å²) in [6.07, 6.45) is 2.51. The number of carbonyl (C=O) groups excluding carboxylic acids is 2. The number of benzene rings is 3. The lowest BCUT2D eigenvalue weighted by Gasteiger charge is -2.18. The Labute approximate surface area is 209 Å². The number of nitrogens with one attached hydrogen (secondary N) is 2. The van der Waals surface area contributed by atoms with Crippen LogP contribution in [0.15, 0.2) is 76.5 Å². The van der Waals surface area contributed by atoms with Crippen molar-refractivity contribution in [3.63, 3.8) is 0 Å². The Hall–Kier alpha value is -3.71. The first-order valence-corrected chi connectivity index (χ1v) is 12.5. The molecule has 0 bridgehead atoms. The molecule has 0 radical (unpaired) electrons. The molecule has 4 rings (SSSR count). The summed E-state index contributed by atoms with van der Waals surface area (Å²) in [5.41, 5.74) is 3.31. The van der Waals surface area contributed by atoms with Crippen molar-refractivity contribution >= 4 is 35.3 Å². The third kappa shape index (κ3) is 6.25. The minimum atomic E-state index is -0.140. The largest absolute Gasteiger partial charge is 0.490 e. The van der Waals surface area contributed by atoms with Gasteiger partial charge in [0.25, 0.3) is 11.8 Å². The first kappa shape index (κ1) is 24.4. The van der Waals surface area contributed by atoms with Crippen molar-refractivity contribution in [2.45, 2.75) is 25.2 Å². The van der Waals surface area contributed by atoms with Crippen molar-refractivity contribution in [3.8, 4) is 11.5 Å². The van der Waals surface area contributed by atoms with Crippen molar-refractivity contribution in [1.82, 2.24) is 5.32 Å². The lowest BCUT2D eigenvalue weighted by Crippen LogP contribution is -2.25. The van der Waals surface area contributed by atoms with Gasteiger partial charge < -0.3 is 20.1 Å². The minimum absolute atomic E-state index is 0.127. The molecule has 2 amide bonds. The number of carbonyl (C=O) groups is 2. The van der Waals surface area contributed by atoms with Crippen molar-refractivity contribution in [3.05, 3.63) is 88.3 Å². The summed E-state index contributed by atoms with van der Waals surface area (Å²) in [4.78, 5) is 26.6. The monoisotopic (exact) mass is 488 g/mol. The summed E-state index contributed by atoms with van der Waals surface area (Å²) in [6, 6.07) is 20.8. The third-order valence-electron chi connectivity index (χ3n) is 5.36. The van der Waals surface area contributed by atoms with Gasteiger partial charge in [0.15, 0.2) is 11.5 Å². The summed E-state index contributed by atoms with van der Waals surface area (Å²) in [6.45, 7) is 5.51. The van der Waals surface area contributed by atoms with E-state index in [0.29, 0.717) is 36.6 Å².